The second-order valence-corrected chi connectivity index (χ2v) is 13.4. The number of fused-ring (bicyclic) bond motifs is 8. The van der Waals surface area contributed by atoms with Crippen LogP contribution in [0, 0.1) is 0 Å². The van der Waals surface area contributed by atoms with Crippen molar-refractivity contribution in [2.75, 3.05) is 0 Å². The van der Waals surface area contributed by atoms with E-state index in [2.05, 4.69) is 115 Å². The van der Waals surface area contributed by atoms with Crippen LogP contribution in [0.2, 0.25) is 0 Å². The topological polar surface area (TPSA) is 77.8 Å². The molecule has 6 nitrogen and oxygen atoms in total. The average Bonchev–Trinajstić information content (AvgIpc) is 3.86. The highest BCUT2D eigenvalue weighted by atomic mass is 16.4. The Morgan fingerprint density at radius 3 is 1.85 bits per heavy atom. The summed E-state index contributed by atoms with van der Waals surface area (Å²) in [4.78, 5) is 20.2. The fourth-order valence-corrected chi connectivity index (χ4v) is 7.55. The molecule has 0 atom stereocenters. The van der Waals surface area contributed by atoms with E-state index in [1.54, 1.807) is 0 Å². The number of nitrogens with zero attached hydrogens (tertiary/aromatic N) is 4. The Morgan fingerprint density at radius 1 is 0.352 bits per heavy atom. The molecule has 3 aromatic heterocycles. The van der Waals surface area contributed by atoms with Crippen molar-refractivity contribution in [3.05, 3.63) is 170 Å². The molecule has 0 fully saturated rings. The number of furan rings is 1. The van der Waals surface area contributed by atoms with Gasteiger partial charge in [-0.3, -0.25) is 0 Å². The minimum Gasteiger partial charge on any atom is -0.456 e. The van der Waals surface area contributed by atoms with E-state index in [1.165, 1.54) is 0 Å². The fourth-order valence-electron chi connectivity index (χ4n) is 7.55. The van der Waals surface area contributed by atoms with Crippen LogP contribution in [0.1, 0.15) is 0 Å². The summed E-state index contributed by atoms with van der Waals surface area (Å²) in [6.07, 6.45) is 0. The predicted octanol–water partition coefficient (Wildman–Crippen LogP) is 12.6. The third-order valence-corrected chi connectivity index (χ3v) is 10.1. The van der Waals surface area contributed by atoms with Crippen LogP contribution >= 0.6 is 0 Å². The maximum Gasteiger partial charge on any atom is 0.227 e. The number of rotatable bonds is 5. The first-order valence-electron chi connectivity index (χ1n) is 17.9. The molecule has 0 aliphatic carbocycles. The van der Waals surface area contributed by atoms with E-state index in [0.717, 1.165) is 82.4 Å². The zero-order valence-electron chi connectivity index (χ0n) is 28.8. The molecule has 252 valence electrons. The van der Waals surface area contributed by atoms with Crippen molar-refractivity contribution in [1.82, 2.24) is 19.9 Å². The van der Waals surface area contributed by atoms with Crippen LogP contribution in [0.25, 0.3) is 111 Å². The van der Waals surface area contributed by atoms with Gasteiger partial charge in [-0.25, -0.2) is 19.9 Å². The molecule has 0 bridgehead atoms. The van der Waals surface area contributed by atoms with Crippen molar-refractivity contribution in [2.45, 2.75) is 0 Å². The number of aromatic nitrogens is 4. The first kappa shape index (κ1) is 30.2. The van der Waals surface area contributed by atoms with Gasteiger partial charge in [-0.05, 0) is 75.1 Å². The number of hydrogen-bond acceptors (Lipinski definition) is 6. The summed E-state index contributed by atoms with van der Waals surface area (Å²) in [5.41, 5.74) is 8.95. The summed E-state index contributed by atoms with van der Waals surface area (Å²) in [6, 6.07) is 57.7. The summed E-state index contributed by atoms with van der Waals surface area (Å²) >= 11 is 0. The van der Waals surface area contributed by atoms with Crippen molar-refractivity contribution < 1.29 is 8.83 Å². The van der Waals surface area contributed by atoms with Crippen molar-refractivity contribution in [3.63, 3.8) is 0 Å². The van der Waals surface area contributed by atoms with Crippen LogP contribution in [-0.4, -0.2) is 19.9 Å². The van der Waals surface area contributed by atoms with Crippen LogP contribution in [0.15, 0.2) is 179 Å². The Hall–Kier alpha value is -7.44. The van der Waals surface area contributed by atoms with Gasteiger partial charge in [-0.2, -0.15) is 0 Å². The SMILES string of the molecule is c1ccc(-c2cccc(-c3nc(-c4ccc5c(ccc6oc7ccc8nc(-c9ccccc9)oc8c7c65)c4)nc(-c4cccc5ccccc45)n3)c2)cc1. The zero-order valence-corrected chi connectivity index (χ0v) is 28.8. The number of oxazole rings is 1. The first-order valence-corrected chi connectivity index (χ1v) is 17.9. The molecule has 0 N–H and O–H groups in total. The molecule has 0 aliphatic heterocycles. The maximum absolute atomic E-state index is 6.46. The van der Waals surface area contributed by atoms with E-state index in [0.29, 0.717) is 28.9 Å². The summed E-state index contributed by atoms with van der Waals surface area (Å²) < 4.78 is 12.8. The van der Waals surface area contributed by atoms with E-state index in [4.69, 9.17) is 28.8 Å². The lowest BCUT2D eigenvalue weighted by atomic mass is 10.0. The normalized spacial score (nSPS) is 11.7. The molecular weight excluding hydrogens is 665 g/mol. The molecule has 11 aromatic rings. The van der Waals surface area contributed by atoms with Crippen LogP contribution in [-0.2, 0) is 0 Å². The Labute approximate surface area is 309 Å². The van der Waals surface area contributed by atoms with E-state index < -0.39 is 0 Å². The van der Waals surface area contributed by atoms with Gasteiger partial charge < -0.3 is 8.83 Å². The molecule has 8 aromatic carbocycles. The largest absolute Gasteiger partial charge is 0.456 e. The standard InChI is InChI=1S/C48H28N4O2/c1-3-11-29(12-4-1)32-17-9-18-34(27-32)45-50-46(52-47(51-45)38-20-10-16-30-13-7-8-19-36(30)38)35-21-23-37-33(28-35)22-25-40-42(37)43-41(53-40)26-24-39-44(43)54-48(49-39)31-14-5-2-6-15-31/h1-28H. The highest BCUT2D eigenvalue weighted by Crippen LogP contribution is 2.41. The molecule has 11 rings (SSSR count). The second kappa shape index (κ2) is 12.1. The van der Waals surface area contributed by atoms with Gasteiger partial charge in [0.1, 0.15) is 16.7 Å². The molecule has 6 heteroatoms. The lowest BCUT2D eigenvalue weighted by Gasteiger charge is -2.11. The van der Waals surface area contributed by atoms with Gasteiger partial charge in [-0.1, -0.05) is 127 Å². The molecule has 0 unspecified atom stereocenters. The van der Waals surface area contributed by atoms with Gasteiger partial charge in [-0.15, -0.1) is 0 Å². The molecule has 3 heterocycles. The van der Waals surface area contributed by atoms with Crippen molar-refractivity contribution >= 4 is 54.6 Å². The van der Waals surface area contributed by atoms with Crippen LogP contribution in [0.3, 0.4) is 0 Å². The quantitative estimate of drug-likeness (QED) is 0.179. The summed E-state index contributed by atoms with van der Waals surface area (Å²) in [7, 11) is 0. The summed E-state index contributed by atoms with van der Waals surface area (Å²) in [5.74, 6) is 2.41. The van der Waals surface area contributed by atoms with Gasteiger partial charge in [0.2, 0.25) is 5.89 Å². The Kier molecular flexibility index (Phi) is 6.75. The Balaban J connectivity index is 1.10. The lowest BCUT2D eigenvalue weighted by Crippen LogP contribution is -2.00. The molecule has 0 spiro atoms. The van der Waals surface area contributed by atoms with E-state index >= 15 is 0 Å². The first-order chi connectivity index (χ1) is 26.7. The maximum atomic E-state index is 6.46. The van der Waals surface area contributed by atoms with Crippen LogP contribution < -0.4 is 0 Å². The monoisotopic (exact) mass is 692 g/mol. The van der Waals surface area contributed by atoms with Gasteiger partial charge in [0.15, 0.2) is 23.1 Å². The molecule has 0 radical (unpaired) electrons. The van der Waals surface area contributed by atoms with Gasteiger partial charge in [0.05, 0.1) is 5.39 Å². The van der Waals surface area contributed by atoms with Crippen molar-refractivity contribution in [3.8, 4) is 56.7 Å². The minimum absolute atomic E-state index is 0.580. The molecular formula is C48H28N4O2. The third-order valence-electron chi connectivity index (χ3n) is 10.1. The van der Waals surface area contributed by atoms with E-state index in [1.807, 2.05) is 54.6 Å². The van der Waals surface area contributed by atoms with Gasteiger partial charge in [0, 0.05) is 27.6 Å². The van der Waals surface area contributed by atoms with E-state index in [9.17, 15) is 0 Å². The predicted molar refractivity (Wildman–Crippen MR) is 217 cm³/mol. The van der Waals surface area contributed by atoms with Crippen LogP contribution in [0.5, 0.6) is 0 Å². The number of hydrogen-bond donors (Lipinski definition) is 0. The summed E-state index contributed by atoms with van der Waals surface area (Å²) in [5, 5.41) is 6.18. The lowest BCUT2D eigenvalue weighted by molar-refractivity contribution is 0.622. The highest BCUT2D eigenvalue weighted by molar-refractivity contribution is 6.25. The van der Waals surface area contributed by atoms with E-state index in [-0.39, 0.29) is 0 Å². The molecule has 0 aliphatic rings. The summed E-state index contributed by atoms with van der Waals surface area (Å²) in [6.45, 7) is 0. The minimum atomic E-state index is 0.580. The third kappa shape index (κ3) is 4.96. The van der Waals surface area contributed by atoms with Gasteiger partial charge >= 0.3 is 0 Å². The van der Waals surface area contributed by atoms with Crippen LogP contribution in [0.4, 0.5) is 0 Å². The molecule has 0 amide bonds. The molecule has 0 saturated carbocycles. The number of benzene rings is 8. The van der Waals surface area contributed by atoms with Crippen molar-refractivity contribution in [1.29, 1.82) is 0 Å². The second-order valence-electron chi connectivity index (χ2n) is 13.4. The Bertz CT molecular complexity index is 3220. The fraction of sp³-hybridized carbons (Fsp3) is 0. The Morgan fingerprint density at radius 2 is 1.00 bits per heavy atom. The molecule has 0 saturated heterocycles. The average molecular weight is 693 g/mol. The van der Waals surface area contributed by atoms with Crippen molar-refractivity contribution in [2.24, 2.45) is 0 Å². The molecule has 54 heavy (non-hydrogen) atoms. The highest BCUT2D eigenvalue weighted by Gasteiger charge is 2.20. The smallest absolute Gasteiger partial charge is 0.227 e. The van der Waals surface area contributed by atoms with Gasteiger partial charge in [0.25, 0.3) is 0 Å². The zero-order chi connectivity index (χ0) is 35.6.